The van der Waals surface area contributed by atoms with Crippen molar-refractivity contribution in [2.24, 2.45) is 0 Å². The van der Waals surface area contributed by atoms with Gasteiger partial charge in [-0.05, 0) is 31.4 Å². The number of aromatic nitrogens is 3. The highest BCUT2D eigenvalue weighted by atomic mass is 19.4. The second kappa shape index (κ2) is 6.40. The molecule has 1 aromatic carbocycles. The number of anilines is 1. The quantitative estimate of drug-likeness (QED) is 0.675. The molecule has 0 aliphatic carbocycles. The zero-order valence-electron chi connectivity index (χ0n) is 14.2. The van der Waals surface area contributed by atoms with Gasteiger partial charge in [-0.25, -0.2) is 14.1 Å². The van der Waals surface area contributed by atoms with Crippen molar-refractivity contribution >= 4 is 16.7 Å². The summed E-state index contributed by atoms with van der Waals surface area (Å²) in [6.45, 7) is 1.82. The Bertz CT molecular complexity index is 993. The summed E-state index contributed by atoms with van der Waals surface area (Å²) in [6.07, 6.45) is 1.48. The Labute approximate surface area is 151 Å². The molecule has 0 bridgehead atoms. The number of phenolic OH excluding ortho intramolecular Hbond substituents is 1. The van der Waals surface area contributed by atoms with Crippen LogP contribution in [0.2, 0.25) is 0 Å². The van der Waals surface area contributed by atoms with Crippen LogP contribution in [0.3, 0.4) is 0 Å². The first-order chi connectivity index (χ1) is 12.8. The van der Waals surface area contributed by atoms with Gasteiger partial charge in [-0.15, -0.1) is 0 Å². The summed E-state index contributed by atoms with van der Waals surface area (Å²) in [5.41, 5.74) is -1.17. The topological polar surface area (TPSA) is 54.2 Å². The van der Waals surface area contributed by atoms with E-state index in [1.807, 2.05) is 6.07 Å². The summed E-state index contributed by atoms with van der Waals surface area (Å²) in [5, 5.41) is 14.4. The minimum Gasteiger partial charge on any atom is -0.505 e. The Hall–Kier alpha value is -2.84. The van der Waals surface area contributed by atoms with Crippen molar-refractivity contribution in [2.75, 3.05) is 18.0 Å². The molecule has 3 heterocycles. The van der Waals surface area contributed by atoms with Gasteiger partial charge in [0.2, 0.25) is 0 Å². The lowest BCUT2D eigenvalue weighted by molar-refractivity contribution is -0.140. The van der Waals surface area contributed by atoms with Crippen LogP contribution in [0.5, 0.6) is 5.75 Å². The summed E-state index contributed by atoms with van der Waals surface area (Å²) >= 11 is 0. The summed E-state index contributed by atoms with van der Waals surface area (Å²) in [7, 11) is 0. The molecule has 1 fully saturated rings. The Kier molecular flexibility index (Phi) is 4.16. The molecule has 0 spiro atoms. The molecule has 4 rings (SSSR count). The number of hydrogen-bond acceptors (Lipinski definition) is 4. The first kappa shape index (κ1) is 17.6. The molecule has 27 heavy (non-hydrogen) atoms. The fraction of sp³-hybridized carbons (Fsp3) is 0.333. The van der Waals surface area contributed by atoms with E-state index >= 15 is 0 Å². The molecule has 2 aromatic heterocycles. The van der Waals surface area contributed by atoms with Crippen LogP contribution in [0.4, 0.5) is 23.4 Å². The van der Waals surface area contributed by atoms with Crippen molar-refractivity contribution in [3.63, 3.8) is 0 Å². The van der Waals surface area contributed by atoms with Crippen molar-refractivity contribution < 1.29 is 22.7 Å². The molecule has 0 radical (unpaired) electrons. The van der Waals surface area contributed by atoms with Gasteiger partial charge in [-0.2, -0.15) is 18.3 Å². The molecule has 9 heteroatoms. The minimum absolute atomic E-state index is 0.0938. The van der Waals surface area contributed by atoms with E-state index in [1.165, 1.54) is 23.5 Å². The number of phenols is 1. The van der Waals surface area contributed by atoms with Crippen LogP contribution in [0.15, 0.2) is 30.6 Å². The SMILES string of the molecule is Oc1cc(-n2ncc3cc(N4CCCCC4)ncc32)cc(C(F)(F)F)c1F. The van der Waals surface area contributed by atoms with Crippen molar-refractivity contribution in [3.05, 3.63) is 42.0 Å². The largest absolute Gasteiger partial charge is 0.505 e. The molecule has 142 valence electrons. The van der Waals surface area contributed by atoms with Gasteiger partial charge in [-0.1, -0.05) is 0 Å². The molecule has 0 atom stereocenters. The Morgan fingerprint density at radius 3 is 2.44 bits per heavy atom. The lowest BCUT2D eigenvalue weighted by Crippen LogP contribution is -2.30. The number of hydrogen-bond donors (Lipinski definition) is 1. The lowest BCUT2D eigenvalue weighted by atomic mass is 10.1. The van der Waals surface area contributed by atoms with Gasteiger partial charge >= 0.3 is 6.18 Å². The summed E-state index contributed by atoms with van der Waals surface area (Å²) < 4.78 is 54.0. The number of piperidine rings is 1. The second-order valence-electron chi connectivity index (χ2n) is 6.53. The third-order valence-electron chi connectivity index (χ3n) is 4.71. The van der Waals surface area contributed by atoms with Crippen molar-refractivity contribution in [1.82, 2.24) is 14.8 Å². The summed E-state index contributed by atoms with van der Waals surface area (Å²) in [5.74, 6) is -1.99. The van der Waals surface area contributed by atoms with Crippen LogP contribution in [0, 0.1) is 5.82 Å². The highest BCUT2D eigenvalue weighted by Crippen LogP contribution is 2.37. The van der Waals surface area contributed by atoms with Crippen LogP contribution in [0.25, 0.3) is 16.6 Å². The van der Waals surface area contributed by atoms with Gasteiger partial charge in [0.15, 0.2) is 11.6 Å². The number of aromatic hydroxyl groups is 1. The number of pyridine rings is 1. The highest BCUT2D eigenvalue weighted by molar-refractivity contribution is 5.82. The molecular weight excluding hydrogens is 364 g/mol. The minimum atomic E-state index is -4.93. The smallest absolute Gasteiger partial charge is 0.419 e. The number of benzene rings is 1. The Morgan fingerprint density at radius 2 is 1.74 bits per heavy atom. The van der Waals surface area contributed by atoms with Crippen LogP contribution in [-0.4, -0.2) is 33.0 Å². The van der Waals surface area contributed by atoms with Gasteiger partial charge in [0.05, 0.1) is 29.2 Å². The number of alkyl halides is 3. The highest BCUT2D eigenvalue weighted by Gasteiger charge is 2.36. The van der Waals surface area contributed by atoms with Crippen molar-refractivity contribution in [3.8, 4) is 11.4 Å². The maximum atomic E-state index is 13.7. The standard InChI is InChI=1S/C18H16F4N4O/c19-17-13(18(20,21)22)7-12(8-15(17)27)26-14-10-23-16(6-11(14)9-24-26)25-4-2-1-3-5-25/h6-10,27H,1-5H2. The number of nitrogens with zero attached hydrogens (tertiary/aromatic N) is 4. The lowest BCUT2D eigenvalue weighted by Gasteiger charge is -2.27. The molecule has 1 aliphatic heterocycles. The maximum absolute atomic E-state index is 13.7. The third kappa shape index (κ3) is 3.17. The molecule has 0 amide bonds. The van der Waals surface area contributed by atoms with E-state index in [1.54, 1.807) is 0 Å². The molecular formula is C18H16F4N4O. The van der Waals surface area contributed by atoms with E-state index in [0.29, 0.717) is 17.0 Å². The number of rotatable bonds is 2. The molecule has 1 N–H and O–H groups in total. The number of halogens is 4. The van der Waals surface area contributed by atoms with Crippen molar-refractivity contribution in [2.45, 2.75) is 25.4 Å². The number of fused-ring (bicyclic) bond motifs is 1. The van der Waals surface area contributed by atoms with E-state index in [-0.39, 0.29) is 5.69 Å². The van der Waals surface area contributed by atoms with Crippen LogP contribution in [-0.2, 0) is 6.18 Å². The fourth-order valence-electron chi connectivity index (χ4n) is 3.34. The van der Waals surface area contributed by atoms with Crippen molar-refractivity contribution in [1.29, 1.82) is 0 Å². The monoisotopic (exact) mass is 380 g/mol. The predicted molar refractivity (Wildman–Crippen MR) is 91.6 cm³/mol. The van der Waals surface area contributed by atoms with Gasteiger partial charge in [0.25, 0.3) is 0 Å². The van der Waals surface area contributed by atoms with E-state index in [2.05, 4.69) is 15.0 Å². The zero-order valence-corrected chi connectivity index (χ0v) is 14.2. The van der Waals surface area contributed by atoms with E-state index in [9.17, 15) is 22.7 Å². The van der Waals surface area contributed by atoms with E-state index < -0.39 is 23.3 Å². The van der Waals surface area contributed by atoms with Gasteiger partial charge in [0.1, 0.15) is 5.82 Å². The van der Waals surface area contributed by atoms with E-state index in [4.69, 9.17) is 0 Å². The second-order valence-corrected chi connectivity index (χ2v) is 6.53. The molecule has 0 saturated carbocycles. The predicted octanol–water partition coefficient (Wildman–Crippen LogP) is 4.27. The van der Waals surface area contributed by atoms with Crippen LogP contribution in [0.1, 0.15) is 24.8 Å². The first-order valence-corrected chi connectivity index (χ1v) is 8.53. The molecule has 0 unspecified atom stereocenters. The van der Waals surface area contributed by atoms with Crippen LogP contribution < -0.4 is 4.90 Å². The fourth-order valence-corrected chi connectivity index (χ4v) is 3.34. The Balaban J connectivity index is 1.77. The zero-order chi connectivity index (χ0) is 19.2. The van der Waals surface area contributed by atoms with E-state index in [0.717, 1.165) is 37.8 Å². The Morgan fingerprint density at radius 1 is 1.00 bits per heavy atom. The average molecular weight is 380 g/mol. The average Bonchev–Trinajstić information content (AvgIpc) is 3.07. The van der Waals surface area contributed by atoms with Gasteiger partial charge < -0.3 is 10.0 Å². The molecule has 1 aliphatic rings. The molecule has 3 aromatic rings. The van der Waals surface area contributed by atoms with Gasteiger partial charge in [-0.3, -0.25) is 0 Å². The normalized spacial score (nSPS) is 15.5. The molecule has 5 nitrogen and oxygen atoms in total. The van der Waals surface area contributed by atoms with Gasteiger partial charge in [0, 0.05) is 24.5 Å². The van der Waals surface area contributed by atoms with Crippen LogP contribution >= 0.6 is 0 Å². The first-order valence-electron chi connectivity index (χ1n) is 8.53. The molecule has 1 saturated heterocycles. The third-order valence-corrected chi connectivity index (χ3v) is 4.71. The maximum Gasteiger partial charge on any atom is 0.419 e. The summed E-state index contributed by atoms with van der Waals surface area (Å²) in [6, 6.07) is 3.37. The summed E-state index contributed by atoms with van der Waals surface area (Å²) in [4.78, 5) is 6.56.